The maximum absolute atomic E-state index is 11.6. The van der Waals surface area contributed by atoms with Crippen LogP contribution in [0.4, 0.5) is 17.2 Å². The van der Waals surface area contributed by atoms with Gasteiger partial charge >= 0.3 is 0 Å². The first-order valence-electron chi connectivity index (χ1n) is 6.54. The molecular formula is C14H11N5O5. The number of nitro groups is 2. The van der Waals surface area contributed by atoms with Crippen LogP contribution in [-0.4, -0.2) is 20.7 Å². The first-order chi connectivity index (χ1) is 11.5. The molecule has 10 heteroatoms. The molecule has 122 valence electrons. The molecule has 0 radical (unpaired) electrons. The molecule has 0 atom stereocenters. The molecule has 2 rings (SSSR count). The number of amides is 1. The van der Waals surface area contributed by atoms with Crippen molar-refractivity contribution >= 4 is 29.2 Å². The molecule has 0 unspecified atom stereocenters. The zero-order valence-electron chi connectivity index (χ0n) is 12.1. The number of nitrogens with one attached hydrogen (secondary N) is 2. The van der Waals surface area contributed by atoms with Crippen molar-refractivity contribution in [3.05, 3.63) is 74.5 Å². The van der Waals surface area contributed by atoms with Gasteiger partial charge in [0.2, 0.25) is 0 Å². The van der Waals surface area contributed by atoms with Crippen molar-refractivity contribution in [3.63, 3.8) is 0 Å². The Balaban J connectivity index is 1.88. The van der Waals surface area contributed by atoms with Crippen LogP contribution in [0, 0.1) is 20.2 Å². The van der Waals surface area contributed by atoms with Gasteiger partial charge in [0, 0.05) is 24.3 Å². The molecule has 0 fully saturated rings. The van der Waals surface area contributed by atoms with Gasteiger partial charge < -0.3 is 0 Å². The zero-order valence-corrected chi connectivity index (χ0v) is 12.1. The van der Waals surface area contributed by atoms with Gasteiger partial charge in [-0.1, -0.05) is 0 Å². The third-order valence-corrected chi connectivity index (χ3v) is 2.80. The normalized spacial score (nSPS) is 10.3. The second kappa shape index (κ2) is 7.45. The largest absolute Gasteiger partial charge is 0.287 e. The van der Waals surface area contributed by atoms with Gasteiger partial charge in [-0.25, -0.2) is 4.98 Å². The Morgan fingerprint density at radius 2 is 1.62 bits per heavy atom. The molecular weight excluding hydrogens is 318 g/mol. The molecule has 1 heterocycles. The summed E-state index contributed by atoms with van der Waals surface area (Å²) < 4.78 is 0. The second-order valence-corrected chi connectivity index (χ2v) is 4.45. The van der Waals surface area contributed by atoms with E-state index in [9.17, 15) is 25.0 Å². The number of nitro benzene ring substituents is 1. The van der Waals surface area contributed by atoms with Gasteiger partial charge in [0.1, 0.15) is 12.0 Å². The minimum Gasteiger partial charge on any atom is -0.282 e. The molecule has 0 saturated heterocycles. The summed E-state index contributed by atoms with van der Waals surface area (Å²) in [5, 5.41) is 21.0. The Hall–Kier alpha value is -3.82. The predicted molar refractivity (Wildman–Crippen MR) is 84.8 cm³/mol. The predicted octanol–water partition coefficient (Wildman–Crippen LogP) is 2.05. The van der Waals surface area contributed by atoms with Crippen LogP contribution in [0.1, 0.15) is 5.56 Å². The third kappa shape index (κ3) is 4.59. The Bertz CT molecular complexity index is 786. The summed E-state index contributed by atoms with van der Waals surface area (Å²) in [6, 6.07) is 8.26. The SMILES string of the molecule is O=C(/C=C/c1ccc([N+](=O)[O-])cc1)NNc1ccc([N+](=O)[O-])cn1. The van der Waals surface area contributed by atoms with E-state index in [1.54, 1.807) is 0 Å². The Morgan fingerprint density at radius 3 is 2.17 bits per heavy atom. The maximum Gasteiger partial charge on any atom is 0.287 e. The fourth-order valence-corrected chi connectivity index (χ4v) is 1.61. The topological polar surface area (TPSA) is 140 Å². The van der Waals surface area contributed by atoms with Gasteiger partial charge in [0.25, 0.3) is 17.3 Å². The lowest BCUT2D eigenvalue weighted by atomic mass is 10.2. The van der Waals surface area contributed by atoms with E-state index in [0.717, 1.165) is 6.20 Å². The van der Waals surface area contributed by atoms with Crippen LogP contribution in [0.15, 0.2) is 48.7 Å². The fourth-order valence-electron chi connectivity index (χ4n) is 1.61. The minimum atomic E-state index is -0.581. The summed E-state index contributed by atoms with van der Waals surface area (Å²) in [5.41, 5.74) is 5.24. The summed E-state index contributed by atoms with van der Waals surface area (Å²) >= 11 is 0. The van der Waals surface area contributed by atoms with Gasteiger partial charge in [-0.15, -0.1) is 0 Å². The Kier molecular flexibility index (Phi) is 5.13. The van der Waals surface area contributed by atoms with E-state index >= 15 is 0 Å². The van der Waals surface area contributed by atoms with E-state index in [-0.39, 0.29) is 17.2 Å². The van der Waals surface area contributed by atoms with Crippen LogP contribution in [-0.2, 0) is 4.79 Å². The summed E-state index contributed by atoms with van der Waals surface area (Å²) in [6.45, 7) is 0. The average Bonchev–Trinajstić information content (AvgIpc) is 2.58. The van der Waals surface area contributed by atoms with Crippen molar-refractivity contribution in [2.45, 2.75) is 0 Å². The van der Waals surface area contributed by atoms with Crippen LogP contribution in [0.25, 0.3) is 6.08 Å². The number of hydrazine groups is 1. The van der Waals surface area contributed by atoms with Crippen molar-refractivity contribution < 1.29 is 14.6 Å². The van der Waals surface area contributed by atoms with Gasteiger partial charge in [-0.05, 0) is 29.8 Å². The number of pyridine rings is 1. The molecule has 0 spiro atoms. The molecule has 10 nitrogen and oxygen atoms in total. The summed E-state index contributed by atoms with van der Waals surface area (Å²) in [5.74, 6) is -0.258. The maximum atomic E-state index is 11.6. The van der Waals surface area contributed by atoms with Gasteiger partial charge in [0.15, 0.2) is 0 Å². The smallest absolute Gasteiger partial charge is 0.282 e. The van der Waals surface area contributed by atoms with Crippen LogP contribution >= 0.6 is 0 Å². The van der Waals surface area contributed by atoms with E-state index in [0.29, 0.717) is 5.56 Å². The number of benzene rings is 1. The number of rotatable bonds is 6. The van der Waals surface area contributed by atoms with E-state index in [2.05, 4.69) is 15.8 Å². The first kappa shape index (κ1) is 16.5. The number of aromatic nitrogens is 1. The lowest BCUT2D eigenvalue weighted by molar-refractivity contribution is -0.385. The number of hydrogen-bond donors (Lipinski definition) is 2. The molecule has 1 amide bonds. The molecule has 1 aromatic carbocycles. The van der Waals surface area contributed by atoms with Crippen LogP contribution in [0.5, 0.6) is 0 Å². The molecule has 24 heavy (non-hydrogen) atoms. The average molecular weight is 329 g/mol. The van der Waals surface area contributed by atoms with Gasteiger partial charge in [-0.3, -0.25) is 35.9 Å². The van der Waals surface area contributed by atoms with Crippen LogP contribution in [0.2, 0.25) is 0 Å². The fraction of sp³-hybridized carbons (Fsp3) is 0. The molecule has 2 aromatic rings. The van der Waals surface area contributed by atoms with Crippen molar-refractivity contribution in [1.29, 1.82) is 0 Å². The first-order valence-corrected chi connectivity index (χ1v) is 6.54. The Labute approximate surface area is 135 Å². The Morgan fingerprint density at radius 1 is 1.00 bits per heavy atom. The standard InChI is InChI=1S/C14H11N5O5/c20-14(8-3-10-1-4-11(5-2-10)18(21)22)17-16-13-7-6-12(9-15-13)19(23)24/h1-9H,(H,15,16)(H,17,20)/b8-3+. The van der Waals surface area contributed by atoms with Gasteiger partial charge in [0.05, 0.1) is 9.85 Å². The molecule has 0 saturated carbocycles. The summed E-state index contributed by atoms with van der Waals surface area (Å²) in [7, 11) is 0. The van der Waals surface area contributed by atoms with E-state index in [1.165, 1.54) is 48.6 Å². The van der Waals surface area contributed by atoms with Crippen LogP contribution in [0.3, 0.4) is 0 Å². The van der Waals surface area contributed by atoms with Crippen molar-refractivity contribution in [3.8, 4) is 0 Å². The number of anilines is 1. The molecule has 2 N–H and O–H groups in total. The second-order valence-electron chi connectivity index (χ2n) is 4.45. The number of hydrogen-bond acceptors (Lipinski definition) is 7. The summed E-state index contributed by atoms with van der Waals surface area (Å²) in [6.07, 6.45) is 3.75. The van der Waals surface area contributed by atoms with E-state index < -0.39 is 15.8 Å². The minimum absolute atomic E-state index is 0.0393. The van der Waals surface area contributed by atoms with E-state index in [4.69, 9.17) is 0 Å². The highest BCUT2D eigenvalue weighted by molar-refractivity contribution is 5.92. The molecule has 0 bridgehead atoms. The lowest BCUT2D eigenvalue weighted by Gasteiger charge is -2.04. The number of carbonyl (C=O) groups is 1. The molecule has 0 aliphatic rings. The summed E-state index contributed by atoms with van der Waals surface area (Å²) in [4.78, 5) is 35.3. The highest BCUT2D eigenvalue weighted by atomic mass is 16.6. The molecule has 1 aromatic heterocycles. The molecule has 0 aliphatic heterocycles. The van der Waals surface area contributed by atoms with Crippen molar-refractivity contribution in [2.24, 2.45) is 0 Å². The number of nitrogens with zero attached hydrogens (tertiary/aromatic N) is 3. The lowest BCUT2D eigenvalue weighted by Crippen LogP contribution is -2.27. The monoisotopic (exact) mass is 329 g/mol. The van der Waals surface area contributed by atoms with Crippen molar-refractivity contribution in [2.75, 3.05) is 5.43 Å². The van der Waals surface area contributed by atoms with Gasteiger partial charge in [-0.2, -0.15) is 0 Å². The number of non-ortho nitro benzene ring substituents is 1. The highest BCUT2D eigenvalue weighted by Gasteiger charge is 2.05. The van der Waals surface area contributed by atoms with Crippen LogP contribution < -0.4 is 10.9 Å². The van der Waals surface area contributed by atoms with Crippen molar-refractivity contribution in [1.82, 2.24) is 10.4 Å². The molecule has 0 aliphatic carbocycles. The highest BCUT2D eigenvalue weighted by Crippen LogP contribution is 2.13. The quantitative estimate of drug-likeness (QED) is 0.469. The number of carbonyl (C=O) groups excluding carboxylic acids is 1. The third-order valence-electron chi connectivity index (χ3n) is 2.80. The van der Waals surface area contributed by atoms with E-state index in [1.807, 2.05) is 0 Å². The zero-order chi connectivity index (χ0) is 17.5.